The van der Waals surface area contributed by atoms with Crippen LogP contribution >= 0.6 is 23.4 Å². The fourth-order valence-corrected chi connectivity index (χ4v) is 3.21. The van der Waals surface area contributed by atoms with E-state index in [0.29, 0.717) is 27.6 Å². The van der Waals surface area contributed by atoms with E-state index < -0.39 is 0 Å². The minimum atomic E-state index is -0.219. The summed E-state index contributed by atoms with van der Waals surface area (Å²) in [6.45, 7) is 6.28. The van der Waals surface area contributed by atoms with Crippen LogP contribution in [0, 0.1) is 0 Å². The van der Waals surface area contributed by atoms with Gasteiger partial charge in [0.25, 0.3) is 0 Å². The van der Waals surface area contributed by atoms with Gasteiger partial charge in [-0.2, -0.15) is 0 Å². The molecule has 3 rings (SSSR count). The molecule has 1 N–H and O–H groups in total. The van der Waals surface area contributed by atoms with Crippen LogP contribution in [0.5, 0.6) is 5.75 Å². The smallest absolute Gasteiger partial charge is 0.237 e. The van der Waals surface area contributed by atoms with E-state index in [2.05, 4.69) is 20.7 Å². The van der Waals surface area contributed by atoms with E-state index in [1.165, 1.54) is 11.8 Å². The highest BCUT2D eigenvalue weighted by Gasteiger charge is 2.20. The molecule has 0 fully saturated rings. The number of halogens is 1. The molecule has 0 unspecified atom stereocenters. The third-order valence-electron chi connectivity index (χ3n) is 3.99. The molecule has 0 bridgehead atoms. The first kappa shape index (κ1) is 21.2. The molecule has 0 spiro atoms. The summed E-state index contributed by atoms with van der Waals surface area (Å²) in [5.74, 6) is 1.46. The molecule has 0 saturated carbocycles. The Morgan fingerprint density at radius 3 is 2.76 bits per heavy atom. The van der Waals surface area contributed by atoms with Gasteiger partial charge in [0.15, 0.2) is 11.0 Å². The zero-order valence-electron chi connectivity index (χ0n) is 16.6. The van der Waals surface area contributed by atoms with Gasteiger partial charge < -0.3 is 13.8 Å². The monoisotopic (exact) mass is 435 g/mol. The molecule has 1 amide bonds. The molecule has 8 nitrogen and oxygen atoms in total. The number of thioether (sulfide) groups is 1. The summed E-state index contributed by atoms with van der Waals surface area (Å²) in [6.07, 6.45) is 0. The number of nitrogens with zero attached hydrogens (tertiary/aromatic N) is 4. The molecular formula is C19H22ClN5O3S. The summed E-state index contributed by atoms with van der Waals surface area (Å²) in [6, 6.07) is 8.95. The van der Waals surface area contributed by atoms with Crippen LogP contribution in [-0.2, 0) is 23.9 Å². The number of hydrogen-bond donors (Lipinski definition) is 1. The van der Waals surface area contributed by atoms with Gasteiger partial charge in [0.1, 0.15) is 12.4 Å². The van der Waals surface area contributed by atoms with Gasteiger partial charge in [0.2, 0.25) is 11.8 Å². The number of rotatable bonds is 7. The van der Waals surface area contributed by atoms with Crippen molar-refractivity contribution in [1.29, 1.82) is 0 Å². The van der Waals surface area contributed by atoms with Crippen LogP contribution < -0.4 is 10.1 Å². The van der Waals surface area contributed by atoms with Gasteiger partial charge in [0, 0.05) is 18.5 Å². The number of carbonyl (C=O) groups excluding carboxylic acids is 1. The van der Waals surface area contributed by atoms with Crippen LogP contribution in [0.4, 0.5) is 5.88 Å². The van der Waals surface area contributed by atoms with Crippen molar-refractivity contribution >= 4 is 35.2 Å². The van der Waals surface area contributed by atoms with Crippen LogP contribution in [-0.4, -0.2) is 31.6 Å². The van der Waals surface area contributed by atoms with E-state index in [4.69, 9.17) is 20.9 Å². The summed E-state index contributed by atoms with van der Waals surface area (Å²) in [7, 11) is 1.82. The van der Waals surface area contributed by atoms with E-state index in [0.717, 1.165) is 5.69 Å². The maximum atomic E-state index is 12.2. The fourth-order valence-electron chi connectivity index (χ4n) is 2.29. The minimum Gasteiger partial charge on any atom is -0.484 e. The number of anilines is 1. The molecule has 0 radical (unpaired) electrons. The van der Waals surface area contributed by atoms with Crippen LogP contribution in [0.1, 0.15) is 32.3 Å². The van der Waals surface area contributed by atoms with Crippen LogP contribution in [0.2, 0.25) is 5.02 Å². The molecule has 154 valence electrons. The molecule has 29 heavy (non-hydrogen) atoms. The topological polar surface area (TPSA) is 95.1 Å². The van der Waals surface area contributed by atoms with Crippen LogP contribution in [0.15, 0.2) is 40.0 Å². The molecule has 0 aliphatic carbocycles. The van der Waals surface area contributed by atoms with Gasteiger partial charge >= 0.3 is 0 Å². The molecule has 3 aromatic rings. The Kier molecular flexibility index (Phi) is 6.49. The second-order valence-electron chi connectivity index (χ2n) is 7.34. The highest BCUT2D eigenvalue weighted by molar-refractivity contribution is 7.99. The lowest BCUT2D eigenvalue weighted by Gasteiger charge is -2.12. The number of amides is 1. The Bertz CT molecular complexity index is 996. The number of carbonyl (C=O) groups is 1. The van der Waals surface area contributed by atoms with Crippen molar-refractivity contribution in [2.75, 3.05) is 11.1 Å². The lowest BCUT2D eigenvalue weighted by atomic mass is 9.92. The average Bonchev–Trinajstić information content (AvgIpc) is 3.26. The van der Waals surface area contributed by atoms with Crippen molar-refractivity contribution in [1.82, 2.24) is 19.9 Å². The van der Waals surface area contributed by atoms with Crippen LogP contribution in [0.3, 0.4) is 0 Å². The van der Waals surface area contributed by atoms with Crippen molar-refractivity contribution in [3.8, 4) is 5.75 Å². The summed E-state index contributed by atoms with van der Waals surface area (Å²) < 4.78 is 12.6. The van der Waals surface area contributed by atoms with Crippen molar-refractivity contribution in [3.63, 3.8) is 0 Å². The van der Waals surface area contributed by atoms with Crippen molar-refractivity contribution in [2.24, 2.45) is 7.05 Å². The number of para-hydroxylation sites is 1. The van der Waals surface area contributed by atoms with E-state index >= 15 is 0 Å². The first-order valence-corrected chi connectivity index (χ1v) is 10.3. The molecule has 0 atom stereocenters. The quantitative estimate of drug-likeness (QED) is 0.559. The molecule has 1 aromatic carbocycles. The van der Waals surface area contributed by atoms with Crippen molar-refractivity contribution in [2.45, 2.75) is 37.9 Å². The molecule has 0 aliphatic rings. The predicted molar refractivity (Wildman–Crippen MR) is 111 cm³/mol. The van der Waals surface area contributed by atoms with Gasteiger partial charge in [-0.15, -0.1) is 10.2 Å². The number of aromatic nitrogens is 4. The maximum absolute atomic E-state index is 12.2. The Balaban J connectivity index is 1.52. The largest absolute Gasteiger partial charge is 0.484 e. The normalized spacial score (nSPS) is 11.5. The van der Waals surface area contributed by atoms with Crippen molar-refractivity contribution < 1.29 is 14.1 Å². The van der Waals surface area contributed by atoms with E-state index in [9.17, 15) is 4.79 Å². The first-order chi connectivity index (χ1) is 13.7. The third kappa shape index (κ3) is 5.51. The van der Waals surface area contributed by atoms with Crippen molar-refractivity contribution in [3.05, 3.63) is 46.9 Å². The molecule has 0 saturated heterocycles. The number of hydrogen-bond acceptors (Lipinski definition) is 7. The number of benzene rings is 1. The summed E-state index contributed by atoms with van der Waals surface area (Å²) in [5.41, 5.74) is 0.624. The highest BCUT2D eigenvalue weighted by atomic mass is 35.5. The standard InChI is InChI=1S/C19H22ClN5O3S/c1-19(2,3)14-9-17(28-24-14)21-16(26)11-29-18-23-22-15(25(18)4)10-27-13-8-6-5-7-12(13)20/h5-9H,10-11H2,1-4H3,(H,21,26). The Morgan fingerprint density at radius 1 is 1.31 bits per heavy atom. The molecular weight excluding hydrogens is 414 g/mol. The highest BCUT2D eigenvalue weighted by Crippen LogP contribution is 2.25. The fraction of sp³-hybridized carbons (Fsp3) is 0.368. The minimum absolute atomic E-state index is 0.150. The second-order valence-corrected chi connectivity index (χ2v) is 8.69. The SMILES string of the molecule is Cn1c(COc2ccccc2Cl)nnc1SCC(=O)Nc1cc(C(C)(C)C)no1. The lowest BCUT2D eigenvalue weighted by molar-refractivity contribution is -0.113. The summed E-state index contributed by atoms with van der Waals surface area (Å²) in [4.78, 5) is 12.2. The molecule has 2 heterocycles. The zero-order chi connectivity index (χ0) is 21.0. The summed E-state index contributed by atoms with van der Waals surface area (Å²) >= 11 is 7.35. The van der Waals surface area contributed by atoms with Gasteiger partial charge in [-0.25, -0.2) is 0 Å². The van der Waals surface area contributed by atoms with Gasteiger partial charge in [-0.1, -0.05) is 61.4 Å². The van der Waals surface area contributed by atoms with E-state index in [-0.39, 0.29) is 23.7 Å². The van der Waals surface area contributed by atoms with Gasteiger partial charge in [0.05, 0.1) is 16.5 Å². The second kappa shape index (κ2) is 8.87. The number of ether oxygens (including phenoxy) is 1. The molecule has 0 aliphatic heterocycles. The first-order valence-electron chi connectivity index (χ1n) is 8.89. The van der Waals surface area contributed by atoms with E-state index in [1.54, 1.807) is 22.8 Å². The average molecular weight is 436 g/mol. The van der Waals surface area contributed by atoms with Gasteiger partial charge in [-0.3, -0.25) is 10.1 Å². The Hall–Kier alpha value is -2.52. The Labute approximate surface area is 178 Å². The zero-order valence-corrected chi connectivity index (χ0v) is 18.2. The number of nitrogens with one attached hydrogen (secondary N) is 1. The predicted octanol–water partition coefficient (Wildman–Crippen LogP) is 4.06. The lowest BCUT2D eigenvalue weighted by Crippen LogP contribution is -2.14. The van der Waals surface area contributed by atoms with Crippen LogP contribution in [0.25, 0.3) is 0 Å². The molecule has 10 heteroatoms. The van der Waals surface area contributed by atoms with E-state index in [1.807, 2.05) is 40.0 Å². The maximum Gasteiger partial charge on any atom is 0.237 e. The third-order valence-corrected chi connectivity index (χ3v) is 5.32. The molecule has 2 aromatic heterocycles. The summed E-state index contributed by atoms with van der Waals surface area (Å²) in [5, 5.41) is 16.0. The Morgan fingerprint density at radius 2 is 2.07 bits per heavy atom. The van der Waals surface area contributed by atoms with Gasteiger partial charge in [-0.05, 0) is 12.1 Å².